The SMILES string of the molecule is CCC(=C(F)C(=O)Nc1ccc(-c2ccccc2S(N)(=O)=O)cc1Br)c1cccc(C(N)=[NH2+])c1. The molecular weight excluding hydrogens is 523 g/mol. The van der Waals surface area contributed by atoms with Crippen molar-refractivity contribution >= 4 is 49.0 Å². The van der Waals surface area contributed by atoms with E-state index in [1.807, 2.05) is 0 Å². The third-order valence-electron chi connectivity index (χ3n) is 5.08. The van der Waals surface area contributed by atoms with E-state index in [-0.39, 0.29) is 22.7 Å². The van der Waals surface area contributed by atoms with Crippen LogP contribution in [0.4, 0.5) is 10.1 Å². The summed E-state index contributed by atoms with van der Waals surface area (Å²) >= 11 is 3.36. The Balaban J connectivity index is 1.92. The van der Waals surface area contributed by atoms with Crippen LogP contribution < -0.4 is 21.6 Å². The highest BCUT2D eigenvalue weighted by Crippen LogP contribution is 2.33. The number of nitrogens with two attached hydrogens (primary N) is 3. The first-order valence-electron chi connectivity index (χ1n) is 10.1. The average Bonchev–Trinajstić information content (AvgIpc) is 2.80. The highest BCUT2D eigenvalue weighted by atomic mass is 79.9. The molecule has 176 valence electrons. The minimum atomic E-state index is -3.94. The van der Waals surface area contributed by atoms with E-state index in [2.05, 4.69) is 21.2 Å². The molecular formula is C24H23BrFN4O3S+. The van der Waals surface area contributed by atoms with Crippen LogP contribution >= 0.6 is 15.9 Å². The summed E-state index contributed by atoms with van der Waals surface area (Å²) in [7, 11) is -3.94. The maximum atomic E-state index is 15.1. The number of halogens is 2. The topological polar surface area (TPSA) is 141 Å². The first-order valence-corrected chi connectivity index (χ1v) is 12.5. The molecule has 0 radical (unpaired) electrons. The molecule has 0 spiro atoms. The largest absolute Gasteiger partial charge is 0.319 e. The summed E-state index contributed by atoms with van der Waals surface area (Å²) in [5.41, 5.74) is 8.12. The van der Waals surface area contributed by atoms with Gasteiger partial charge in [-0.25, -0.2) is 17.9 Å². The van der Waals surface area contributed by atoms with E-state index in [1.165, 1.54) is 6.07 Å². The number of allylic oxidation sites excluding steroid dienone is 1. The van der Waals surface area contributed by atoms with Gasteiger partial charge >= 0.3 is 0 Å². The number of nitrogens with one attached hydrogen (secondary N) is 1. The van der Waals surface area contributed by atoms with Crippen molar-refractivity contribution in [1.29, 1.82) is 0 Å². The summed E-state index contributed by atoms with van der Waals surface area (Å²) < 4.78 is 39.4. The van der Waals surface area contributed by atoms with E-state index in [9.17, 15) is 13.2 Å². The van der Waals surface area contributed by atoms with Crippen molar-refractivity contribution in [2.45, 2.75) is 18.2 Å². The second-order valence-electron chi connectivity index (χ2n) is 7.37. The lowest BCUT2D eigenvalue weighted by Gasteiger charge is -2.13. The van der Waals surface area contributed by atoms with Crippen LogP contribution in [0.15, 0.2) is 81.9 Å². The molecule has 10 heteroatoms. The maximum Gasteiger partial charge on any atom is 0.284 e. The van der Waals surface area contributed by atoms with Crippen molar-refractivity contribution in [3.63, 3.8) is 0 Å². The zero-order chi connectivity index (χ0) is 25.0. The number of benzene rings is 3. The summed E-state index contributed by atoms with van der Waals surface area (Å²) in [5.74, 6) is -1.77. The van der Waals surface area contributed by atoms with Crippen LogP contribution in [0.5, 0.6) is 0 Å². The number of carbonyl (C=O) groups is 1. The Hall–Kier alpha value is -3.34. The van der Waals surface area contributed by atoms with Gasteiger partial charge in [0.15, 0.2) is 5.83 Å². The van der Waals surface area contributed by atoms with Gasteiger partial charge in [0.2, 0.25) is 10.0 Å². The monoisotopic (exact) mass is 545 g/mol. The molecule has 1 amide bonds. The normalized spacial score (nSPS) is 12.1. The van der Waals surface area contributed by atoms with Gasteiger partial charge in [-0.3, -0.25) is 15.9 Å². The quantitative estimate of drug-likeness (QED) is 0.205. The molecule has 3 aromatic carbocycles. The molecule has 0 saturated carbocycles. The molecule has 0 fully saturated rings. The fraction of sp³-hybridized carbons (Fsp3) is 0.0833. The van der Waals surface area contributed by atoms with Crippen LogP contribution in [0.2, 0.25) is 0 Å². The molecule has 0 heterocycles. The molecule has 0 aliphatic carbocycles. The number of rotatable bonds is 7. The van der Waals surface area contributed by atoms with Gasteiger partial charge in [0.05, 0.1) is 16.1 Å². The Morgan fingerprint density at radius 3 is 2.35 bits per heavy atom. The van der Waals surface area contributed by atoms with Gasteiger partial charge in [-0.15, -0.1) is 0 Å². The van der Waals surface area contributed by atoms with E-state index >= 15 is 4.39 Å². The van der Waals surface area contributed by atoms with Crippen LogP contribution in [0.25, 0.3) is 16.7 Å². The fourth-order valence-corrected chi connectivity index (χ4v) is 4.66. The van der Waals surface area contributed by atoms with Gasteiger partial charge in [-0.05, 0) is 63.8 Å². The number of hydrogen-bond acceptors (Lipinski definition) is 3. The number of hydrogen-bond donors (Lipinski definition) is 4. The minimum absolute atomic E-state index is 0.0298. The van der Waals surface area contributed by atoms with Crippen molar-refractivity contribution in [3.8, 4) is 11.1 Å². The highest BCUT2D eigenvalue weighted by molar-refractivity contribution is 9.10. The van der Waals surface area contributed by atoms with Crippen LogP contribution in [-0.2, 0) is 14.8 Å². The van der Waals surface area contributed by atoms with Crippen LogP contribution in [0, 0.1) is 0 Å². The van der Waals surface area contributed by atoms with Crippen LogP contribution in [-0.4, -0.2) is 20.2 Å². The molecule has 0 atom stereocenters. The minimum Gasteiger partial charge on any atom is -0.319 e. The maximum absolute atomic E-state index is 15.1. The van der Waals surface area contributed by atoms with E-state index in [4.69, 9.17) is 16.3 Å². The molecule has 0 bridgehead atoms. The molecule has 0 saturated heterocycles. The Bertz CT molecular complexity index is 1420. The Morgan fingerprint density at radius 2 is 1.74 bits per heavy atom. The number of amides is 1. The summed E-state index contributed by atoms with van der Waals surface area (Å²) in [6.45, 7) is 1.73. The van der Waals surface area contributed by atoms with Gasteiger partial charge in [-0.2, -0.15) is 0 Å². The lowest BCUT2D eigenvalue weighted by Crippen LogP contribution is -2.46. The third kappa shape index (κ3) is 5.58. The molecule has 7 N–H and O–H groups in total. The number of anilines is 1. The van der Waals surface area contributed by atoms with Crippen molar-refractivity contribution in [2.24, 2.45) is 10.9 Å². The second kappa shape index (κ2) is 10.3. The second-order valence-corrected chi connectivity index (χ2v) is 9.76. The first-order chi connectivity index (χ1) is 16.0. The molecule has 7 nitrogen and oxygen atoms in total. The van der Waals surface area contributed by atoms with Gasteiger partial charge in [0.1, 0.15) is 0 Å². The smallest absolute Gasteiger partial charge is 0.284 e. The molecule has 3 rings (SSSR count). The standard InChI is InChI=1S/C24H22BrFN4O3S/c1-2-17(14-6-5-7-16(12-14)23(27)28)22(26)24(31)30-20-11-10-15(13-19(20)25)18-8-3-4-9-21(18)34(29,32)33/h3-13H,2H2,1H3,(H3,27,28)(H,30,31)(H2,29,32,33)/p+1. The molecule has 0 unspecified atom stereocenters. The molecule has 3 aromatic rings. The van der Waals surface area contributed by atoms with Crippen molar-refractivity contribution < 1.29 is 23.0 Å². The number of primary sulfonamides is 1. The van der Waals surface area contributed by atoms with Crippen LogP contribution in [0.3, 0.4) is 0 Å². The Morgan fingerprint density at radius 1 is 1.06 bits per heavy atom. The van der Waals surface area contributed by atoms with Gasteiger partial charge < -0.3 is 5.32 Å². The van der Waals surface area contributed by atoms with E-state index < -0.39 is 21.8 Å². The fourth-order valence-electron chi connectivity index (χ4n) is 3.42. The zero-order valence-electron chi connectivity index (χ0n) is 18.2. The molecule has 0 aliphatic heterocycles. The summed E-state index contributed by atoms with van der Waals surface area (Å²) in [6, 6.07) is 17.7. The Labute approximate surface area is 205 Å². The van der Waals surface area contributed by atoms with Crippen molar-refractivity contribution in [1.82, 2.24) is 0 Å². The number of carbonyl (C=O) groups excluding carboxylic acids is 1. The van der Waals surface area contributed by atoms with Gasteiger partial charge in [-0.1, -0.05) is 43.3 Å². The van der Waals surface area contributed by atoms with E-state index in [0.717, 1.165) is 0 Å². The first kappa shape index (κ1) is 25.3. The van der Waals surface area contributed by atoms with Crippen molar-refractivity contribution in [3.05, 3.63) is 88.2 Å². The number of amidine groups is 1. The Kier molecular flexibility index (Phi) is 7.65. The predicted octanol–water partition coefficient (Wildman–Crippen LogP) is 2.96. The van der Waals surface area contributed by atoms with Gasteiger partial charge in [0.25, 0.3) is 11.7 Å². The van der Waals surface area contributed by atoms with E-state index in [1.54, 1.807) is 67.6 Å². The number of sulfonamides is 1. The summed E-state index contributed by atoms with van der Waals surface area (Å²) in [6.07, 6.45) is 0.262. The average molecular weight is 546 g/mol. The van der Waals surface area contributed by atoms with E-state index in [0.29, 0.717) is 32.4 Å². The zero-order valence-corrected chi connectivity index (χ0v) is 20.6. The highest BCUT2D eigenvalue weighted by Gasteiger charge is 2.19. The lowest BCUT2D eigenvalue weighted by molar-refractivity contribution is -0.114. The predicted molar refractivity (Wildman–Crippen MR) is 135 cm³/mol. The molecule has 34 heavy (non-hydrogen) atoms. The third-order valence-corrected chi connectivity index (χ3v) is 6.71. The summed E-state index contributed by atoms with van der Waals surface area (Å²) in [5, 5.41) is 13.5. The summed E-state index contributed by atoms with van der Waals surface area (Å²) in [4.78, 5) is 12.7. The van der Waals surface area contributed by atoms with Crippen molar-refractivity contribution in [2.75, 3.05) is 5.32 Å². The molecule has 0 aromatic heterocycles. The van der Waals surface area contributed by atoms with Crippen LogP contribution in [0.1, 0.15) is 24.5 Å². The lowest BCUT2D eigenvalue weighted by atomic mass is 9.99. The molecule has 0 aliphatic rings. The van der Waals surface area contributed by atoms with Gasteiger partial charge in [0, 0.05) is 15.6 Å².